The molecule has 1 amide bonds. The molecule has 0 atom stereocenters. The van der Waals surface area contributed by atoms with E-state index in [1.165, 1.54) is 13.1 Å². The van der Waals surface area contributed by atoms with E-state index in [-0.39, 0.29) is 5.91 Å². The average molecular weight is 219 g/mol. The van der Waals surface area contributed by atoms with E-state index in [1.807, 2.05) is 0 Å². The number of carbonyl (C=O) groups is 2. The van der Waals surface area contributed by atoms with Crippen LogP contribution in [0.1, 0.15) is 20.7 Å². The summed E-state index contributed by atoms with van der Waals surface area (Å²) in [5.41, 5.74) is 0.776. The Labute approximate surface area is 93.9 Å². The second kappa shape index (κ2) is 5.70. The highest BCUT2D eigenvalue weighted by Gasteiger charge is 2.08. The molecule has 0 saturated carbocycles. The summed E-state index contributed by atoms with van der Waals surface area (Å²) in [7, 11) is 1.53. The van der Waals surface area contributed by atoms with Crippen molar-refractivity contribution in [2.75, 3.05) is 13.7 Å². The zero-order chi connectivity index (χ0) is 12.0. The van der Waals surface area contributed by atoms with Gasteiger partial charge < -0.3 is 10.1 Å². The van der Waals surface area contributed by atoms with Gasteiger partial charge in [-0.05, 0) is 18.2 Å². The second-order valence-corrected chi connectivity index (χ2v) is 3.05. The summed E-state index contributed by atoms with van der Waals surface area (Å²) < 4.78 is 5.26. The first-order chi connectivity index (χ1) is 7.72. The van der Waals surface area contributed by atoms with Crippen molar-refractivity contribution in [2.45, 2.75) is 0 Å². The number of carbonyl (C=O) groups excluding carboxylic acids is 2. The van der Waals surface area contributed by atoms with Crippen molar-refractivity contribution in [3.05, 3.63) is 42.0 Å². The Bertz CT molecular complexity index is 413. The SMILES string of the molecule is C=CCOc1ccc(C(=O)NC)cc1C=O. The Morgan fingerprint density at radius 2 is 2.31 bits per heavy atom. The highest BCUT2D eigenvalue weighted by molar-refractivity contribution is 5.96. The molecule has 0 heterocycles. The molecule has 1 aromatic rings. The van der Waals surface area contributed by atoms with Gasteiger partial charge in [-0.2, -0.15) is 0 Å². The molecule has 0 aliphatic heterocycles. The summed E-state index contributed by atoms with van der Waals surface area (Å²) in [4.78, 5) is 22.1. The fraction of sp³-hybridized carbons (Fsp3) is 0.167. The van der Waals surface area contributed by atoms with Crippen LogP contribution in [-0.2, 0) is 0 Å². The maximum absolute atomic E-state index is 11.3. The topological polar surface area (TPSA) is 55.4 Å². The van der Waals surface area contributed by atoms with Crippen molar-refractivity contribution in [1.29, 1.82) is 0 Å². The monoisotopic (exact) mass is 219 g/mol. The van der Waals surface area contributed by atoms with Gasteiger partial charge in [0.15, 0.2) is 6.29 Å². The van der Waals surface area contributed by atoms with Gasteiger partial charge in [0.05, 0.1) is 5.56 Å². The lowest BCUT2D eigenvalue weighted by molar-refractivity contribution is 0.0963. The number of hydrogen-bond acceptors (Lipinski definition) is 3. The van der Waals surface area contributed by atoms with Crippen LogP contribution in [0.3, 0.4) is 0 Å². The molecule has 0 unspecified atom stereocenters. The normalized spacial score (nSPS) is 9.31. The molecule has 0 spiro atoms. The first-order valence-corrected chi connectivity index (χ1v) is 4.78. The van der Waals surface area contributed by atoms with Gasteiger partial charge in [-0.3, -0.25) is 9.59 Å². The summed E-state index contributed by atoms with van der Waals surface area (Å²) in [5, 5.41) is 2.48. The van der Waals surface area contributed by atoms with E-state index < -0.39 is 0 Å². The predicted molar refractivity (Wildman–Crippen MR) is 60.9 cm³/mol. The number of ether oxygens (including phenoxy) is 1. The van der Waals surface area contributed by atoms with E-state index in [2.05, 4.69) is 11.9 Å². The molecule has 1 N–H and O–H groups in total. The smallest absolute Gasteiger partial charge is 0.251 e. The highest BCUT2D eigenvalue weighted by atomic mass is 16.5. The lowest BCUT2D eigenvalue weighted by atomic mass is 10.1. The van der Waals surface area contributed by atoms with E-state index in [4.69, 9.17) is 4.74 Å². The van der Waals surface area contributed by atoms with Gasteiger partial charge in [-0.25, -0.2) is 0 Å². The van der Waals surface area contributed by atoms with E-state index in [0.717, 1.165) is 0 Å². The molecule has 4 nitrogen and oxygen atoms in total. The number of rotatable bonds is 5. The summed E-state index contributed by atoms with van der Waals surface area (Å²) in [6.07, 6.45) is 2.24. The predicted octanol–water partition coefficient (Wildman–Crippen LogP) is 1.42. The lowest BCUT2D eigenvalue weighted by Gasteiger charge is -2.07. The molecule has 1 rings (SSSR count). The van der Waals surface area contributed by atoms with E-state index in [0.29, 0.717) is 29.8 Å². The van der Waals surface area contributed by atoms with E-state index in [9.17, 15) is 9.59 Å². The number of nitrogens with one attached hydrogen (secondary N) is 1. The van der Waals surface area contributed by atoms with Crippen LogP contribution in [-0.4, -0.2) is 25.8 Å². The van der Waals surface area contributed by atoms with Crippen molar-refractivity contribution < 1.29 is 14.3 Å². The molecule has 4 heteroatoms. The molecule has 16 heavy (non-hydrogen) atoms. The van der Waals surface area contributed by atoms with Crippen LogP contribution in [0.15, 0.2) is 30.9 Å². The quantitative estimate of drug-likeness (QED) is 0.602. The van der Waals surface area contributed by atoms with E-state index >= 15 is 0 Å². The molecular weight excluding hydrogens is 206 g/mol. The third-order valence-corrected chi connectivity index (χ3v) is 1.98. The molecule has 0 aliphatic carbocycles. The minimum Gasteiger partial charge on any atom is -0.489 e. The molecule has 84 valence electrons. The van der Waals surface area contributed by atoms with Gasteiger partial charge in [0.25, 0.3) is 5.91 Å². The molecule has 0 aliphatic rings. The summed E-state index contributed by atoms with van der Waals surface area (Å²) in [6, 6.07) is 4.69. The standard InChI is InChI=1S/C12H13NO3/c1-3-6-16-11-5-4-9(12(15)13-2)7-10(11)8-14/h3-5,7-8H,1,6H2,2H3,(H,13,15). The number of benzene rings is 1. The van der Waals surface area contributed by atoms with Crippen molar-refractivity contribution in [3.63, 3.8) is 0 Å². The highest BCUT2D eigenvalue weighted by Crippen LogP contribution is 2.18. The zero-order valence-corrected chi connectivity index (χ0v) is 9.03. The van der Waals surface area contributed by atoms with Crippen LogP contribution in [0.2, 0.25) is 0 Å². The van der Waals surface area contributed by atoms with Gasteiger partial charge in [-0.1, -0.05) is 12.7 Å². The van der Waals surface area contributed by atoms with Crippen molar-refractivity contribution >= 4 is 12.2 Å². The van der Waals surface area contributed by atoms with Crippen molar-refractivity contribution in [1.82, 2.24) is 5.32 Å². The Morgan fingerprint density at radius 3 is 2.88 bits per heavy atom. The molecule has 0 radical (unpaired) electrons. The number of hydrogen-bond donors (Lipinski definition) is 1. The Balaban J connectivity index is 3.01. The van der Waals surface area contributed by atoms with Crippen LogP contribution in [0.25, 0.3) is 0 Å². The molecular formula is C12H13NO3. The lowest BCUT2D eigenvalue weighted by Crippen LogP contribution is -2.18. The third kappa shape index (κ3) is 2.70. The maximum atomic E-state index is 11.3. The first-order valence-electron chi connectivity index (χ1n) is 4.78. The minimum atomic E-state index is -0.238. The summed E-state index contributed by atoms with van der Waals surface area (Å²) >= 11 is 0. The summed E-state index contributed by atoms with van der Waals surface area (Å²) in [6.45, 7) is 3.83. The van der Waals surface area contributed by atoms with Crippen LogP contribution < -0.4 is 10.1 Å². The minimum absolute atomic E-state index is 0.238. The van der Waals surface area contributed by atoms with Gasteiger partial charge in [0, 0.05) is 12.6 Å². The van der Waals surface area contributed by atoms with Crippen LogP contribution in [0, 0.1) is 0 Å². The van der Waals surface area contributed by atoms with Gasteiger partial charge in [0.1, 0.15) is 12.4 Å². The number of aldehydes is 1. The van der Waals surface area contributed by atoms with Crippen molar-refractivity contribution in [3.8, 4) is 5.75 Å². The first kappa shape index (κ1) is 12.0. The second-order valence-electron chi connectivity index (χ2n) is 3.05. The molecule has 0 bridgehead atoms. The molecule has 0 saturated heterocycles. The van der Waals surface area contributed by atoms with E-state index in [1.54, 1.807) is 18.2 Å². The molecule has 1 aromatic carbocycles. The fourth-order valence-electron chi connectivity index (χ4n) is 1.21. The zero-order valence-electron chi connectivity index (χ0n) is 9.03. The van der Waals surface area contributed by atoms with Crippen LogP contribution >= 0.6 is 0 Å². The maximum Gasteiger partial charge on any atom is 0.251 e. The molecule has 0 aromatic heterocycles. The van der Waals surface area contributed by atoms with Crippen LogP contribution in [0.4, 0.5) is 0 Å². The Morgan fingerprint density at radius 1 is 1.56 bits per heavy atom. The van der Waals surface area contributed by atoms with Gasteiger partial charge >= 0.3 is 0 Å². The largest absolute Gasteiger partial charge is 0.489 e. The Hall–Kier alpha value is -2.10. The van der Waals surface area contributed by atoms with Crippen LogP contribution in [0.5, 0.6) is 5.75 Å². The van der Waals surface area contributed by atoms with Gasteiger partial charge in [-0.15, -0.1) is 0 Å². The Kier molecular flexibility index (Phi) is 4.27. The third-order valence-electron chi connectivity index (χ3n) is 1.98. The average Bonchev–Trinajstić information content (AvgIpc) is 2.35. The van der Waals surface area contributed by atoms with Gasteiger partial charge in [0.2, 0.25) is 0 Å². The van der Waals surface area contributed by atoms with Crippen molar-refractivity contribution in [2.24, 2.45) is 0 Å². The fourth-order valence-corrected chi connectivity index (χ4v) is 1.21. The molecule has 0 fully saturated rings. The number of amides is 1. The summed E-state index contributed by atoms with van der Waals surface area (Å²) in [5.74, 6) is 0.209.